The van der Waals surface area contributed by atoms with Gasteiger partial charge in [-0.3, -0.25) is 4.79 Å². The van der Waals surface area contributed by atoms with Gasteiger partial charge >= 0.3 is 0 Å². The molecule has 4 nitrogen and oxygen atoms in total. The van der Waals surface area contributed by atoms with Gasteiger partial charge in [-0.15, -0.1) is 0 Å². The fourth-order valence-electron chi connectivity index (χ4n) is 1.52. The number of rotatable bonds is 3. The van der Waals surface area contributed by atoms with E-state index in [9.17, 15) is 14.3 Å². The fourth-order valence-corrected chi connectivity index (χ4v) is 2.52. The van der Waals surface area contributed by atoms with Gasteiger partial charge in [0.05, 0.1) is 6.10 Å². The summed E-state index contributed by atoms with van der Waals surface area (Å²) in [5.41, 5.74) is -0.0727. The minimum atomic E-state index is -0.927. The van der Waals surface area contributed by atoms with Crippen LogP contribution >= 0.6 is 11.8 Å². The standard InChI is InChI=1S/C12H11FN2O2S/c1-7(16)11-8(13)3-2-4-9(11)18-12-14-6-5-10(17)15-12/h2-7,16H,1H3,(H,14,15,17)/t7-/m0/s1. The highest BCUT2D eigenvalue weighted by atomic mass is 32.2. The molecule has 0 unspecified atom stereocenters. The van der Waals surface area contributed by atoms with Gasteiger partial charge < -0.3 is 10.1 Å². The number of hydrogen-bond acceptors (Lipinski definition) is 4. The van der Waals surface area contributed by atoms with Crippen LogP contribution in [-0.4, -0.2) is 15.1 Å². The van der Waals surface area contributed by atoms with Crippen molar-refractivity contribution >= 4 is 11.8 Å². The monoisotopic (exact) mass is 266 g/mol. The van der Waals surface area contributed by atoms with E-state index < -0.39 is 11.9 Å². The van der Waals surface area contributed by atoms with Crippen LogP contribution in [0.1, 0.15) is 18.6 Å². The van der Waals surface area contributed by atoms with Crippen molar-refractivity contribution in [1.82, 2.24) is 9.97 Å². The van der Waals surface area contributed by atoms with E-state index in [-0.39, 0.29) is 11.1 Å². The number of nitrogens with one attached hydrogen (secondary N) is 1. The maximum Gasteiger partial charge on any atom is 0.251 e. The Morgan fingerprint density at radius 1 is 1.44 bits per heavy atom. The molecule has 0 saturated carbocycles. The Bertz CT molecular complexity index is 613. The molecule has 0 saturated heterocycles. The lowest BCUT2D eigenvalue weighted by molar-refractivity contribution is 0.191. The van der Waals surface area contributed by atoms with Crippen molar-refractivity contribution in [2.24, 2.45) is 0 Å². The molecule has 0 amide bonds. The second kappa shape index (κ2) is 5.32. The van der Waals surface area contributed by atoms with E-state index in [1.54, 1.807) is 12.1 Å². The summed E-state index contributed by atoms with van der Waals surface area (Å²) in [5.74, 6) is -0.478. The average molecular weight is 266 g/mol. The quantitative estimate of drug-likeness (QED) is 0.835. The molecule has 0 aliphatic heterocycles. The van der Waals surface area contributed by atoms with Gasteiger partial charge in [0.1, 0.15) is 5.82 Å². The minimum Gasteiger partial charge on any atom is -0.389 e. The van der Waals surface area contributed by atoms with E-state index in [2.05, 4.69) is 9.97 Å². The highest BCUT2D eigenvalue weighted by molar-refractivity contribution is 7.99. The summed E-state index contributed by atoms with van der Waals surface area (Å²) < 4.78 is 13.6. The van der Waals surface area contributed by atoms with Crippen LogP contribution in [0.4, 0.5) is 4.39 Å². The lowest BCUT2D eigenvalue weighted by Crippen LogP contribution is -2.06. The molecule has 1 atom stereocenters. The Labute approximate surface area is 107 Å². The van der Waals surface area contributed by atoms with Gasteiger partial charge in [-0.1, -0.05) is 17.8 Å². The third-order valence-electron chi connectivity index (χ3n) is 2.29. The number of halogens is 1. The molecule has 2 N–H and O–H groups in total. The van der Waals surface area contributed by atoms with Crippen molar-refractivity contribution in [1.29, 1.82) is 0 Å². The van der Waals surface area contributed by atoms with Crippen molar-refractivity contribution in [3.63, 3.8) is 0 Å². The van der Waals surface area contributed by atoms with Crippen LogP contribution in [-0.2, 0) is 0 Å². The fraction of sp³-hybridized carbons (Fsp3) is 0.167. The second-order valence-electron chi connectivity index (χ2n) is 3.67. The first-order valence-electron chi connectivity index (χ1n) is 5.27. The molecule has 1 aromatic heterocycles. The number of H-pyrrole nitrogens is 1. The van der Waals surface area contributed by atoms with Crippen LogP contribution in [0.15, 0.2) is 45.3 Å². The normalized spacial score (nSPS) is 12.4. The van der Waals surface area contributed by atoms with Crippen LogP contribution < -0.4 is 5.56 Å². The smallest absolute Gasteiger partial charge is 0.251 e. The molecule has 18 heavy (non-hydrogen) atoms. The third kappa shape index (κ3) is 2.77. The molecule has 1 heterocycles. The third-order valence-corrected chi connectivity index (χ3v) is 3.26. The van der Waals surface area contributed by atoms with E-state index in [1.165, 1.54) is 25.3 Å². The first kappa shape index (κ1) is 12.8. The molecule has 2 rings (SSSR count). The van der Waals surface area contributed by atoms with Crippen LogP contribution in [0.2, 0.25) is 0 Å². The summed E-state index contributed by atoms with van der Waals surface area (Å²) in [6.45, 7) is 1.49. The zero-order chi connectivity index (χ0) is 13.1. The highest BCUT2D eigenvalue weighted by Gasteiger charge is 2.14. The first-order valence-corrected chi connectivity index (χ1v) is 6.09. The first-order chi connectivity index (χ1) is 8.58. The van der Waals surface area contributed by atoms with Crippen molar-refractivity contribution in [2.75, 3.05) is 0 Å². The summed E-state index contributed by atoms with van der Waals surface area (Å²) in [6.07, 6.45) is 0.451. The molecule has 2 aromatic rings. The highest BCUT2D eigenvalue weighted by Crippen LogP contribution is 2.32. The molecular weight excluding hydrogens is 255 g/mol. The van der Waals surface area contributed by atoms with Gasteiger partial charge in [-0.25, -0.2) is 9.37 Å². The van der Waals surface area contributed by atoms with E-state index in [1.807, 2.05) is 0 Å². The van der Waals surface area contributed by atoms with Crippen molar-refractivity contribution in [3.05, 3.63) is 52.2 Å². The SMILES string of the molecule is C[C@H](O)c1c(F)cccc1Sc1nccc(=O)[nH]1. The number of aromatic nitrogens is 2. The summed E-state index contributed by atoms with van der Waals surface area (Å²) in [5, 5.41) is 9.93. The zero-order valence-corrected chi connectivity index (χ0v) is 10.4. The van der Waals surface area contributed by atoms with Gasteiger partial charge in [0.15, 0.2) is 5.16 Å². The number of aliphatic hydroxyl groups excluding tert-OH is 1. The minimum absolute atomic E-state index is 0.203. The Balaban J connectivity index is 2.40. The molecule has 94 valence electrons. The summed E-state index contributed by atoms with van der Waals surface area (Å²) in [7, 11) is 0. The number of nitrogens with zero attached hydrogens (tertiary/aromatic N) is 1. The lowest BCUT2D eigenvalue weighted by Gasteiger charge is -2.11. The Kier molecular flexibility index (Phi) is 3.78. The molecule has 0 aliphatic carbocycles. The molecule has 6 heteroatoms. The second-order valence-corrected chi connectivity index (χ2v) is 4.70. The maximum atomic E-state index is 13.6. The summed E-state index contributed by atoms with van der Waals surface area (Å²) >= 11 is 1.10. The number of hydrogen-bond donors (Lipinski definition) is 2. The predicted octanol–water partition coefficient (Wildman–Crippen LogP) is 2.11. The van der Waals surface area contributed by atoms with Crippen molar-refractivity contribution in [2.45, 2.75) is 23.1 Å². The van der Waals surface area contributed by atoms with Gasteiger partial charge in [0, 0.05) is 22.7 Å². The van der Waals surface area contributed by atoms with E-state index in [4.69, 9.17) is 0 Å². The number of aromatic amines is 1. The molecule has 1 aromatic carbocycles. The average Bonchev–Trinajstić information content (AvgIpc) is 2.28. The molecular formula is C12H11FN2O2S. The Hall–Kier alpha value is -1.66. The largest absolute Gasteiger partial charge is 0.389 e. The Morgan fingerprint density at radius 2 is 2.22 bits per heavy atom. The van der Waals surface area contributed by atoms with E-state index >= 15 is 0 Å². The van der Waals surface area contributed by atoms with Crippen molar-refractivity contribution in [3.8, 4) is 0 Å². The van der Waals surface area contributed by atoms with E-state index in [0.29, 0.717) is 10.1 Å². The van der Waals surface area contributed by atoms with Gasteiger partial charge in [0.2, 0.25) is 0 Å². The van der Waals surface area contributed by atoms with Gasteiger partial charge in [-0.05, 0) is 19.1 Å². The topological polar surface area (TPSA) is 66.0 Å². The molecule has 0 radical (unpaired) electrons. The molecule has 0 fully saturated rings. The molecule has 0 spiro atoms. The molecule has 0 aliphatic rings. The predicted molar refractivity (Wildman–Crippen MR) is 66.0 cm³/mol. The van der Waals surface area contributed by atoms with Crippen LogP contribution in [0.25, 0.3) is 0 Å². The van der Waals surface area contributed by atoms with Crippen LogP contribution in [0, 0.1) is 5.82 Å². The summed E-state index contributed by atoms with van der Waals surface area (Å²) in [6, 6.07) is 5.80. The molecule has 0 bridgehead atoms. The zero-order valence-electron chi connectivity index (χ0n) is 9.55. The number of aliphatic hydroxyl groups is 1. The Morgan fingerprint density at radius 3 is 2.89 bits per heavy atom. The van der Waals surface area contributed by atoms with Crippen molar-refractivity contribution < 1.29 is 9.50 Å². The van der Waals surface area contributed by atoms with Gasteiger partial charge in [-0.2, -0.15) is 0 Å². The van der Waals surface area contributed by atoms with E-state index in [0.717, 1.165) is 11.8 Å². The van der Waals surface area contributed by atoms with Gasteiger partial charge in [0.25, 0.3) is 5.56 Å². The van der Waals surface area contributed by atoms with Crippen LogP contribution in [0.5, 0.6) is 0 Å². The number of benzene rings is 1. The van der Waals surface area contributed by atoms with Crippen LogP contribution in [0.3, 0.4) is 0 Å². The maximum absolute atomic E-state index is 13.6. The summed E-state index contributed by atoms with van der Waals surface area (Å²) in [4.78, 5) is 18.2. The lowest BCUT2D eigenvalue weighted by atomic mass is 10.1.